The third-order valence-corrected chi connectivity index (χ3v) is 3.70. The van der Waals surface area contributed by atoms with Crippen LogP contribution >= 0.6 is 0 Å². The van der Waals surface area contributed by atoms with Crippen molar-refractivity contribution in [3.63, 3.8) is 0 Å². The average molecular weight is 322 g/mol. The second kappa shape index (κ2) is 9.39. The van der Waals surface area contributed by atoms with Crippen molar-refractivity contribution in [1.82, 2.24) is 0 Å². The molecule has 1 fully saturated rings. The third-order valence-electron chi connectivity index (χ3n) is 3.70. The Morgan fingerprint density at radius 2 is 1.55 bits per heavy atom. The first-order chi connectivity index (χ1) is 10.5. The van der Waals surface area contributed by atoms with Crippen molar-refractivity contribution in [1.29, 1.82) is 0 Å². The standard InChI is InChI=1S/C14H26O8/c1-8(15)21-7-9(16-2)10-11(17-3)12(18-4)13(19-5)14(20-6)22-10/h9-14H,7H2,1-6H3/t9-,10-,11-,12+,13-,14?/m1/s1. The predicted molar refractivity (Wildman–Crippen MR) is 75.5 cm³/mol. The lowest BCUT2D eigenvalue weighted by Crippen LogP contribution is -2.63. The maximum absolute atomic E-state index is 11.0. The van der Waals surface area contributed by atoms with E-state index in [2.05, 4.69) is 0 Å². The lowest BCUT2D eigenvalue weighted by molar-refractivity contribution is -0.318. The summed E-state index contributed by atoms with van der Waals surface area (Å²) in [4.78, 5) is 11.0. The highest BCUT2D eigenvalue weighted by Gasteiger charge is 2.50. The molecule has 0 radical (unpaired) electrons. The summed E-state index contributed by atoms with van der Waals surface area (Å²) in [6.45, 7) is 1.37. The van der Waals surface area contributed by atoms with Crippen molar-refractivity contribution in [2.45, 2.75) is 43.7 Å². The average Bonchev–Trinajstić information content (AvgIpc) is 2.53. The van der Waals surface area contributed by atoms with Crippen LogP contribution in [0.1, 0.15) is 6.92 Å². The van der Waals surface area contributed by atoms with Crippen LogP contribution in [-0.4, -0.2) is 84.9 Å². The Morgan fingerprint density at radius 1 is 0.955 bits per heavy atom. The van der Waals surface area contributed by atoms with Crippen LogP contribution in [0.3, 0.4) is 0 Å². The van der Waals surface area contributed by atoms with E-state index in [-0.39, 0.29) is 6.61 Å². The Hall–Kier alpha value is -0.770. The molecule has 0 aromatic heterocycles. The van der Waals surface area contributed by atoms with E-state index in [0.29, 0.717) is 0 Å². The van der Waals surface area contributed by atoms with Gasteiger partial charge in [0.25, 0.3) is 0 Å². The normalized spacial score (nSPS) is 33.5. The molecular formula is C14H26O8. The minimum absolute atomic E-state index is 0.0425. The van der Waals surface area contributed by atoms with Gasteiger partial charge in [0.1, 0.15) is 37.1 Å². The zero-order valence-corrected chi connectivity index (χ0v) is 13.9. The molecule has 8 heteroatoms. The molecule has 0 amide bonds. The number of rotatable bonds is 8. The van der Waals surface area contributed by atoms with Crippen LogP contribution in [0.5, 0.6) is 0 Å². The number of esters is 1. The van der Waals surface area contributed by atoms with Crippen molar-refractivity contribution in [2.24, 2.45) is 0 Å². The number of ether oxygens (including phenoxy) is 7. The molecule has 0 bridgehead atoms. The van der Waals surface area contributed by atoms with Gasteiger partial charge in [0, 0.05) is 42.5 Å². The molecule has 1 rings (SSSR count). The number of methoxy groups -OCH3 is 5. The summed E-state index contributed by atoms with van der Waals surface area (Å²) in [5.74, 6) is -0.395. The molecule has 0 aromatic carbocycles. The smallest absolute Gasteiger partial charge is 0.302 e. The van der Waals surface area contributed by atoms with Crippen LogP contribution in [0, 0.1) is 0 Å². The molecule has 1 aliphatic rings. The van der Waals surface area contributed by atoms with Gasteiger partial charge < -0.3 is 33.2 Å². The minimum atomic E-state index is -0.652. The number of carbonyl (C=O) groups excluding carboxylic acids is 1. The molecule has 0 aliphatic carbocycles. The van der Waals surface area contributed by atoms with E-state index in [1.54, 1.807) is 21.3 Å². The highest BCUT2D eigenvalue weighted by molar-refractivity contribution is 5.65. The molecule has 130 valence electrons. The molecule has 22 heavy (non-hydrogen) atoms. The van der Waals surface area contributed by atoms with Crippen molar-refractivity contribution in [3.8, 4) is 0 Å². The predicted octanol–water partition coefficient (Wildman–Crippen LogP) is -0.0192. The molecule has 6 atom stereocenters. The van der Waals surface area contributed by atoms with E-state index < -0.39 is 42.8 Å². The second-order valence-corrected chi connectivity index (χ2v) is 4.88. The maximum Gasteiger partial charge on any atom is 0.302 e. The fourth-order valence-electron chi connectivity index (χ4n) is 2.61. The Bertz CT molecular complexity index is 337. The van der Waals surface area contributed by atoms with Gasteiger partial charge in [-0.1, -0.05) is 0 Å². The van der Waals surface area contributed by atoms with Crippen LogP contribution in [0.4, 0.5) is 0 Å². The molecular weight excluding hydrogens is 296 g/mol. The van der Waals surface area contributed by atoms with E-state index in [1.165, 1.54) is 21.1 Å². The van der Waals surface area contributed by atoms with Gasteiger partial charge in [0.15, 0.2) is 6.29 Å². The van der Waals surface area contributed by atoms with Gasteiger partial charge in [0.05, 0.1) is 0 Å². The topological polar surface area (TPSA) is 81.7 Å². The molecule has 8 nitrogen and oxygen atoms in total. The van der Waals surface area contributed by atoms with E-state index >= 15 is 0 Å². The first-order valence-corrected chi connectivity index (χ1v) is 6.96. The van der Waals surface area contributed by atoms with Crippen LogP contribution in [-0.2, 0) is 38.0 Å². The van der Waals surface area contributed by atoms with Gasteiger partial charge in [-0.2, -0.15) is 0 Å². The summed E-state index contributed by atoms with van der Waals surface area (Å²) in [6.07, 6.45) is -3.07. The number of hydrogen-bond acceptors (Lipinski definition) is 8. The van der Waals surface area contributed by atoms with Crippen molar-refractivity contribution in [2.75, 3.05) is 42.2 Å². The zero-order chi connectivity index (χ0) is 16.7. The van der Waals surface area contributed by atoms with E-state index in [9.17, 15) is 4.79 Å². The summed E-state index contributed by atoms with van der Waals surface area (Å²) in [6, 6.07) is 0. The van der Waals surface area contributed by atoms with Gasteiger partial charge >= 0.3 is 5.97 Å². The summed E-state index contributed by atoms with van der Waals surface area (Å²) < 4.78 is 38.1. The fraction of sp³-hybridized carbons (Fsp3) is 0.929. The Kier molecular flexibility index (Phi) is 8.23. The van der Waals surface area contributed by atoms with Gasteiger partial charge in [-0.3, -0.25) is 4.79 Å². The molecule has 1 saturated heterocycles. The molecule has 0 aromatic rings. The van der Waals surface area contributed by atoms with Crippen LogP contribution in [0.25, 0.3) is 0 Å². The first kappa shape index (κ1) is 19.3. The quantitative estimate of drug-likeness (QED) is 0.577. The lowest BCUT2D eigenvalue weighted by Gasteiger charge is -2.46. The van der Waals surface area contributed by atoms with Crippen LogP contribution in [0.2, 0.25) is 0 Å². The van der Waals surface area contributed by atoms with Crippen molar-refractivity contribution in [3.05, 3.63) is 0 Å². The van der Waals surface area contributed by atoms with Crippen LogP contribution in [0.15, 0.2) is 0 Å². The summed E-state index contributed by atoms with van der Waals surface area (Å²) >= 11 is 0. The van der Waals surface area contributed by atoms with E-state index in [0.717, 1.165) is 0 Å². The molecule has 0 spiro atoms. The maximum atomic E-state index is 11.0. The van der Waals surface area contributed by atoms with Gasteiger partial charge in [0.2, 0.25) is 0 Å². The lowest BCUT2D eigenvalue weighted by atomic mass is 9.94. The molecule has 1 heterocycles. The Morgan fingerprint density at radius 3 is 1.95 bits per heavy atom. The van der Waals surface area contributed by atoms with Gasteiger partial charge in [-0.25, -0.2) is 0 Å². The summed E-state index contributed by atoms with van der Waals surface area (Å²) in [5.41, 5.74) is 0. The molecule has 1 unspecified atom stereocenters. The Balaban J connectivity index is 2.96. The van der Waals surface area contributed by atoms with Gasteiger partial charge in [-0.15, -0.1) is 0 Å². The Labute approximate surface area is 130 Å². The van der Waals surface area contributed by atoms with Crippen LogP contribution < -0.4 is 0 Å². The third kappa shape index (κ3) is 4.37. The number of hydrogen-bond donors (Lipinski definition) is 0. The monoisotopic (exact) mass is 322 g/mol. The van der Waals surface area contributed by atoms with Crippen molar-refractivity contribution < 1.29 is 38.0 Å². The minimum Gasteiger partial charge on any atom is -0.463 e. The highest BCUT2D eigenvalue weighted by atomic mass is 16.7. The van der Waals surface area contributed by atoms with E-state index in [4.69, 9.17) is 33.2 Å². The number of carbonyl (C=O) groups is 1. The van der Waals surface area contributed by atoms with Gasteiger partial charge in [-0.05, 0) is 0 Å². The largest absolute Gasteiger partial charge is 0.463 e. The first-order valence-electron chi connectivity index (χ1n) is 6.96. The van der Waals surface area contributed by atoms with E-state index in [1.807, 2.05) is 0 Å². The molecule has 0 saturated carbocycles. The van der Waals surface area contributed by atoms with Crippen molar-refractivity contribution >= 4 is 5.97 Å². The summed E-state index contributed by atoms with van der Waals surface area (Å²) in [7, 11) is 7.68. The molecule has 0 N–H and O–H groups in total. The highest BCUT2D eigenvalue weighted by Crippen LogP contribution is 2.30. The zero-order valence-electron chi connectivity index (χ0n) is 13.9. The summed E-state index contributed by atoms with van der Waals surface area (Å²) in [5, 5.41) is 0. The molecule has 1 aliphatic heterocycles. The second-order valence-electron chi connectivity index (χ2n) is 4.88. The fourth-order valence-corrected chi connectivity index (χ4v) is 2.61. The SMILES string of the molecule is COC1O[C@H]([C@@H](COC(C)=O)OC)[C@@H](OC)[C@H](OC)[C@H]1OC.